The van der Waals surface area contributed by atoms with Crippen LogP contribution in [-0.2, 0) is 0 Å². The van der Waals surface area contributed by atoms with Crippen molar-refractivity contribution in [1.29, 1.82) is 0 Å². The van der Waals surface area contributed by atoms with Crippen LogP contribution in [0.4, 0.5) is 0 Å². The van der Waals surface area contributed by atoms with Crippen LogP contribution >= 0.6 is 0 Å². The lowest BCUT2D eigenvalue weighted by Gasteiger charge is -2.45. The Morgan fingerprint density at radius 2 is 1.27 bits per heavy atom. The number of rotatable bonds is 5. The molecule has 0 bridgehead atoms. The first-order valence-electron chi connectivity index (χ1n) is 10.0. The molecule has 3 aliphatic carbocycles. The Morgan fingerprint density at radius 3 is 1.95 bits per heavy atom. The minimum Gasteiger partial charge on any atom is -0.103 e. The monoisotopic (exact) mass is 300 g/mol. The maximum atomic E-state index is 4.03. The fraction of sp³-hybridized carbons (Fsp3) is 0.818. The normalized spacial score (nSPS) is 42.4. The third-order valence-electron chi connectivity index (χ3n) is 7.36. The minimum atomic E-state index is 0.832. The molecule has 0 spiro atoms. The summed E-state index contributed by atoms with van der Waals surface area (Å²) in [4.78, 5) is 0. The van der Waals surface area contributed by atoms with E-state index in [0.29, 0.717) is 0 Å². The summed E-state index contributed by atoms with van der Waals surface area (Å²) in [6.45, 7) is 7.91. The SMILES string of the molecule is C=CCCC1CCC(C2CCC3CC(C=C)CCC3C2)CC1. The minimum absolute atomic E-state index is 0.832. The van der Waals surface area contributed by atoms with Gasteiger partial charge in [-0.1, -0.05) is 25.0 Å². The Hall–Kier alpha value is -0.520. The molecule has 0 aliphatic heterocycles. The Morgan fingerprint density at radius 1 is 0.682 bits per heavy atom. The second-order valence-corrected chi connectivity index (χ2v) is 8.55. The lowest BCUT2D eigenvalue weighted by atomic mass is 9.61. The quantitative estimate of drug-likeness (QED) is 0.491. The van der Waals surface area contributed by atoms with Crippen molar-refractivity contribution in [3.05, 3.63) is 25.3 Å². The van der Waals surface area contributed by atoms with Crippen molar-refractivity contribution in [3.63, 3.8) is 0 Å². The lowest BCUT2D eigenvalue weighted by molar-refractivity contribution is 0.0673. The number of allylic oxidation sites excluding steroid dienone is 2. The average Bonchev–Trinajstić information content (AvgIpc) is 2.59. The summed E-state index contributed by atoms with van der Waals surface area (Å²) < 4.78 is 0. The Labute approximate surface area is 138 Å². The summed E-state index contributed by atoms with van der Waals surface area (Å²) >= 11 is 0. The van der Waals surface area contributed by atoms with Crippen LogP contribution in [-0.4, -0.2) is 0 Å². The molecule has 0 heterocycles. The molecule has 0 amide bonds. The van der Waals surface area contributed by atoms with Crippen LogP contribution in [0.1, 0.15) is 77.0 Å². The molecule has 0 aromatic heterocycles. The summed E-state index contributed by atoms with van der Waals surface area (Å²) in [5.74, 6) is 6.08. The zero-order chi connectivity index (χ0) is 15.4. The van der Waals surface area contributed by atoms with E-state index >= 15 is 0 Å². The van der Waals surface area contributed by atoms with Crippen LogP contribution < -0.4 is 0 Å². The molecule has 3 aliphatic rings. The zero-order valence-corrected chi connectivity index (χ0v) is 14.5. The maximum Gasteiger partial charge on any atom is -0.0233 e. The molecule has 0 N–H and O–H groups in total. The van der Waals surface area contributed by atoms with Gasteiger partial charge in [-0.2, -0.15) is 0 Å². The third-order valence-corrected chi connectivity index (χ3v) is 7.36. The summed E-state index contributed by atoms with van der Waals surface area (Å²) in [5, 5.41) is 0. The fourth-order valence-electron chi connectivity index (χ4n) is 5.91. The van der Waals surface area contributed by atoms with Gasteiger partial charge in [0.15, 0.2) is 0 Å². The van der Waals surface area contributed by atoms with E-state index in [1.54, 1.807) is 6.42 Å². The molecular weight excluding hydrogens is 264 g/mol. The second kappa shape index (κ2) is 7.84. The fourth-order valence-corrected chi connectivity index (χ4v) is 5.91. The summed E-state index contributed by atoms with van der Waals surface area (Å²) in [6, 6.07) is 0. The van der Waals surface area contributed by atoms with Crippen LogP contribution in [0.2, 0.25) is 0 Å². The van der Waals surface area contributed by atoms with E-state index in [1.807, 2.05) is 0 Å². The van der Waals surface area contributed by atoms with E-state index < -0.39 is 0 Å². The molecule has 124 valence electrons. The smallest absolute Gasteiger partial charge is 0.0233 e. The standard InChI is InChI=1S/C22H36/c1-3-5-6-18-8-10-19(11-9-18)21-14-13-20-15-17(4-2)7-12-22(20)16-21/h3-4,17-22H,1-2,5-16H2. The highest BCUT2D eigenvalue weighted by atomic mass is 14.4. The first-order chi connectivity index (χ1) is 10.8. The highest BCUT2D eigenvalue weighted by Crippen LogP contribution is 2.49. The molecule has 4 unspecified atom stereocenters. The Bertz CT molecular complexity index is 360. The number of fused-ring (bicyclic) bond motifs is 1. The van der Waals surface area contributed by atoms with Crippen molar-refractivity contribution >= 4 is 0 Å². The molecule has 22 heavy (non-hydrogen) atoms. The molecule has 3 saturated carbocycles. The molecule has 0 heteroatoms. The van der Waals surface area contributed by atoms with E-state index in [4.69, 9.17) is 0 Å². The molecule has 0 radical (unpaired) electrons. The van der Waals surface area contributed by atoms with Crippen molar-refractivity contribution in [2.24, 2.45) is 35.5 Å². The molecule has 3 rings (SSSR count). The van der Waals surface area contributed by atoms with Crippen LogP contribution in [0.25, 0.3) is 0 Å². The van der Waals surface area contributed by atoms with Gasteiger partial charge in [0.05, 0.1) is 0 Å². The van der Waals surface area contributed by atoms with Crippen LogP contribution in [0.3, 0.4) is 0 Å². The number of hydrogen-bond acceptors (Lipinski definition) is 0. The van der Waals surface area contributed by atoms with Crippen molar-refractivity contribution in [2.75, 3.05) is 0 Å². The Kier molecular flexibility index (Phi) is 5.83. The zero-order valence-electron chi connectivity index (χ0n) is 14.5. The van der Waals surface area contributed by atoms with Crippen LogP contribution in [0.5, 0.6) is 0 Å². The second-order valence-electron chi connectivity index (χ2n) is 8.55. The van der Waals surface area contributed by atoms with Gasteiger partial charge in [-0.25, -0.2) is 0 Å². The largest absolute Gasteiger partial charge is 0.103 e. The predicted octanol–water partition coefficient (Wildman–Crippen LogP) is 6.78. The molecular formula is C22H36. The summed E-state index contributed by atoms with van der Waals surface area (Å²) in [6.07, 6.45) is 22.0. The lowest BCUT2D eigenvalue weighted by Crippen LogP contribution is -2.34. The predicted molar refractivity (Wildman–Crippen MR) is 96.7 cm³/mol. The first-order valence-corrected chi connectivity index (χ1v) is 10.0. The summed E-state index contributed by atoms with van der Waals surface area (Å²) in [5.41, 5.74) is 0. The first kappa shape index (κ1) is 16.3. The number of hydrogen-bond donors (Lipinski definition) is 0. The van der Waals surface area contributed by atoms with E-state index in [0.717, 1.165) is 35.5 Å². The molecule has 3 fully saturated rings. The highest BCUT2D eigenvalue weighted by Gasteiger charge is 2.38. The third kappa shape index (κ3) is 3.87. The van der Waals surface area contributed by atoms with Gasteiger partial charge in [0.25, 0.3) is 0 Å². The maximum absolute atomic E-state index is 4.03. The van der Waals surface area contributed by atoms with Gasteiger partial charge < -0.3 is 0 Å². The topological polar surface area (TPSA) is 0 Å². The van der Waals surface area contributed by atoms with Crippen LogP contribution in [0.15, 0.2) is 25.3 Å². The van der Waals surface area contributed by atoms with Gasteiger partial charge in [-0.05, 0) is 99.7 Å². The van der Waals surface area contributed by atoms with E-state index in [1.165, 1.54) is 70.6 Å². The molecule has 0 nitrogen and oxygen atoms in total. The van der Waals surface area contributed by atoms with E-state index in [2.05, 4.69) is 25.3 Å². The van der Waals surface area contributed by atoms with Gasteiger partial charge >= 0.3 is 0 Å². The van der Waals surface area contributed by atoms with Gasteiger partial charge in [-0.3, -0.25) is 0 Å². The highest BCUT2D eigenvalue weighted by molar-refractivity contribution is 4.93. The van der Waals surface area contributed by atoms with Crippen molar-refractivity contribution in [1.82, 2.24) is 0 Å². The van der Waals surface area contributed by atoms with E-state index in [-0.39, 0.29) is 0 Å². The van der Waals surface area contributed by atoms with Gasteiger partial charge in [-0.15, -0.1) is 13.2 Å². The van der Waals surface area contributed by atoms with Gasteiger partial charge in [0.2, 0.25) is 0 Å². The van der Waals surface area contributed by atoms with Crippen molar-refractivity contribution < 1.29 is 0 Å². The molecule has 0 saturated heterocycles. The van der Waals surface area contributed by atoms with Crippen molar-refractivity contribution in [3.8, 4) is 0 Å². The van der Waals surface area contributed by atoms with Gasteiger partial charge in [0.1, 0.15) is 0 Å². The van der Waals surface area contributed by atoms with Crippen LogP contribution in [0, 0.1) is 35.5 Å². The Balaban J connectivity index is 1.45. The van der Waals surface area contributed by atoms with Crippen molar-refractivity contribution in [2.45, 2.75) is 77.0 Å². The average molecular weight is 301 g/mol. The van der Waals surface area contributed by atoms with E-state index in [9.17, 15) is 0 Å². The van der Waals surface area contributed by atoms with Gasteiger partial charge in [0, 0.05) is 0 Å². The molecule has 0 aromatic carbocycles. The molecule has 4 atom stereocenters. The summed E-state index contributed by atoms with van der Waals surface area (Å²) in [7, 11) is 0. The molecule has 0 aromatic rings.